The molecule has 1 rings (SSSR count). The molecule has 0 aliphatic rings. The van der Waals surface area contributed by atoms with Gasteiger partial charge in [0.05, 0.1) is 24.8 Å². The molecule has 0 heterocycles. The van der Waals surface area contributed by atoms with Gasteiger partial charge in [0.1, 0.15) is 6.61 Å². The Morgan fingerprint density at radius 3 is 2.10 bits per heavy atom. The number of methoxy groups -OCH3 is 1. The van der Waals surface area contributed by atoms with Crippen LogP contribution in [0.4, 0.5) is 0 Å². The van der Waals surface area contributed by atoms with Crippen LogP contribution in [0, 0.1) is 0 Å². The number of benzene rings is 1. The smallest absolute Gasteiger partial charge is 0.339 e. The maximum Gasteiger partial charge on any atom is 0.339 e. The summed E-state index contributed by atoms with van der Waals surface area (Å²) in [4.78, 5) is 31.9. The van der Waals surface area contributed by atoms with Crippen LogP contribution in [0.15, 0.2) is 24.3 Å². The van der Waals surface area contributed by atoms with Crippen molar-refractivity contribution in [1.82, 2.24) is 0 Å². The molecular formula is C14H18O7. The molecule has 116 valence electrons. The van der Waals surface area contributed by atoms with E-state index in [-0.39, 0.29) is 11.1 Å². The molecule has 0 bridgehead atoms. The maximum absolute atomic E-state index is 11.4. The fourth-order valence-corrected chi connectivity index (χ4v) is 1.18. The molecule has 1 aromatic carbocycles. The van der Waals surface area contributed by atoms with Gasteiger partial charge in [0.15, 0.2) is 0 Å². The first-order valence-electron chi connectivity index (χ1n) is 6.15. The van der Waals surface area contributed by atoms with Gasteiger partial charge in [-0.1, -0.05) is 19.1 Å². The molecule has 0 aliphatic carbocycles. The van der Waals surface area contributed by atoms with Gasteiger partial charge in [-0.15, -0.1) is 0 Å². The molecule has 1 aromatic rings. The van der Waals surface area contributed by atoms with Gasteiger partial charge in [-0.3, -0.25) is 0 Å². The number of esters is 2. The lowest BCUT2D eigenvalue weighted by Gasteiger charge is -2.05. The number of rotatable bonds is 5. The van der Waals surface area contributed by atoms with Crippen LogP contribution in [-0.4, -0.2) is 48.4 Å². The van der Waals surface area contributed by atoms with Gasteiger partial charge in [0.2, 0.25) is 0 Å². The van der Waals surface area contributed by atoms with Gasteiger partial charge >= 0.3 is 17.9 Å². The second-order valence-electron chi connectivity index (χ2n) is 3.72. The van der Waals surface area contributed by atoms with E-state index < -0.39 is 24.5 Å². The average molecular weight is 298 g/mol. The van der Waals surface area contributed by atoms with Crippen molar-refractivity contribution < 1.29 is 34.1 Å². The van der Waals surface area contributed by atoms with Gasteiger partial charge in [-0.2, -0.15) is 0 Å². The number of carboxylic acid groups (broad SMARTS) is 1. The Bertz CT molecular complexity index is 476. The molecule has 0 amide bonds. The zero-order valence-electron chi connectivity index (χ0n) is 11.9. The molecule has 0 aliphatic heterocycles. The van der Waals surface area contributed by atoms with Crippen LogP contribution in [0.3, 0.4) is 0 Å². The van der Waals surface area contributed by atoms with Gasteiger partial charge in [-0.25, -0.2) is 14.4 Å². The molecule has 0 fully saturated rings. The maximum atomic E-state index is 11.4. The summed E-state index contributed by atoms with van der Waals surface area (Å²) < 4.78 is 8.88. The molecule has 0 saturated heterocycles. The summed E-state index contributed by atoms with van der Waals surface area (Å²) in [6.45, 7) is 1.64. The Hall–Kier alpha value is -2.41. The lowest BCUT2D eigenvalue weighted by atomic mass is 10.1. The minimum atomic E-state index is -1.13. The van der Waals surface area contributed by atoms with E-state index >= 15 is 0 Å². The number of aliphatic hydroxyl groups excluding tert-OH is 1. The number of carbonyl (C=O) groups excluding carboxylic acids is 2. The third-order valence-electron chi connectivity index (χ3n) is 2.17. The fraction of sp³-hybridized carbons (Fsp3) is 0.357. The number of ether oxygens (including phenoxy) is 2. The Morgan fingerprint density at radius 2 is 1.71 bits per heavy atom. The summed E-state index contributed by atoms with van der Waals surface area (Å²) in [7, 11) is 1.22. The van der Waals surface area contributed by atoms with Crippen LogP contribution in [0.5, 0.6) is 0 Å². The zero-order valence-corrected chi connectivity index (χ0v) is 11.9. The number of hydrogen-bond donors (Lipinski definition) is 2. The predicted molar refractivity (Wildman–Crippen MR) is 73.1 cm³/mol. The number of aromatic carboxylic acids is 1. The lowest BCUT2D eigenvalue weighted by Crippen LogP contribution is -2.11. The van der Waals surface area contributed by atoms with Gasteiger partial charge < -0.3 is 19.7 Å². The topological polar surface area (TPSA) is 110 Å². The van der Waals surface area contributed by atoms with Crippen molar-refractivity contribution in [1.29, 1.82) is 0 Å². The van der Waals surface area contributed by atoms with Gasteiger partial charge in [0.25, 0.3) is 0 Å². The van der Waals surface area contributed by atoms with Gasteiger partial charge in [0, 0.05) is 0 Å². The minimum Gasteiger partial charge on any atom is -0.478 e. The highest BCUT2D eigenvalue weighted by Crippen LogP contribution is 2.10. The quantitative estimate of drug-likeness (QED) is 0.783. The van der Waals surface area contributed by atoms with E-state index in [0.717, 1.165) is 0 Å². The number of carboxylic acids is 1. The van der Waals surface area contributed by atoms with E-state index in [9.17, 15) is 14.4 Å². The lowest BCUT2D eigenvalue weighted by molar-refractivity contribution is -0.143. The Kier molecular flexibility index (Phi) is 9.19. The van der Waals surface area contributed by atoms with Crippen LogP contribution in [0.2, 0.25) is 0 Å². The molecule has 0 radical (unpaired) electrons. The molecular weight excluding hydrogens is 280 g/mol. The summed E-state index contributed by atoms with van der Waals surface area (Å²) in [5, 5.41) is 16.7. The van der Waals surface area contributed by atoms with Crippen LogP contribution in [0.1, 0.15) is 34.1 Å². The molecule has 0 spiro atoms. The second-order valence-corrected chi connectivity index (χ2v) is 3.72. The summed E-state index contributed by atoms with van der Waals surface area (Å²) in [6.07, 6.45) is 0.709. The molecule has 0 unspecified atom stereocenters. The van der Waals surface area contributed by atoms with Crippen molar-refractivity contribution >= 4 is 17.9 Å². The number of carbonyl (C=O) groups is 3. The van der Waals surface area contributed by atoms with E-state index in [1.54, 1.807) is 12.1 Å². The van der Waals surface area contributed by atoms with Crippen LogP contribution in [0.25, 0.3) is 0 Å². The highest BCUT2D eigenvalue weighted by molar-refractivity contribution is 6.02. The zero-order chi connectivity index (χ0) is 16.3. The van der Waals surface area contributed by atoms with E-state index in [0.29, 0.717) is 13.0 Å². The first kappa shape index (κ1) is 18.6. The van der Waals surface area contributed by atoms with E-state index in [1.165, 1.54) is 19.2 Å². The molecule has 0 aromatic heterocycles. The third-order valence-corrected chi connectivity index (χ3v) is 2.17. The van der Waals surface area contributed by atoms with E-state index in [2.05, 4.69) is 4.74 Å². The minimum absolute atomic E-state index is 0.0291. The van der Waals surface area contributed by atoms with Crippen molar-refractivity contribution in [3.8, 4) is 0 Å². The average Bonchev–Trinajstić information content (AvgIpc) is 2.52. The predicted octanol–water partition coefficient (Wildman–Crippen LogP) is 1.10. The number of hydrogen-bond acceptors (Lipinski definition) is 6. The normalized spacial score (nSPS) is 9.10. The highest BCUT2D eigenvalue weighted by atomic mass is 16.5. The van der Waals surface area contributed by atoms with E-state index in [4.69, 9.17) is 14.9 Å². The first-order chi connectivity index (χ1) is 9.97. The molecule has 2 N–H and O–H groups in total. The van der Waals surface area contributed by atoms with Crippen molar-refractivity contribution in [3.05, 3.63) is 35.4 Å². The molecule has 0 saturated carbocycles. The van der Waals surface area contributed by atoms with Crippen molar-refractivity contribution in [3.63, 3.8) is 0 Å². The summed E-state index contributed by atoms with van der Waals surface area (Å²) in [6, 6.07) is 6.00. The molecule has 21 heavy (non-hydrogen) atoms. The van der Waals surface area contributed by atoms with Crippen LogP contribution >= 0.6 is 0 Å². The third kappa shape index (κ3) is 7.07. The summed E-state index contributed by atoms with van der Waals surface area (Å²) >= 11 is 0. The SMILES string of the molecule is CCCOC(=O)c1ccccc1C(=O)O.COC(=O)CO. The van der Waals surface area contributed by atoms with Crippen LogP contribution < -0.4 is 0 Å². The highest BCUT2D eigenvalue weighted by Gasteiger charge is 2.16. The van der Waals surface area contributed by atoms with Crippen LogP contribution in [-0.2, 0) is 14.3 Å². The van der Waals surface area contributed by atoms with Crippen molar-refractivity contribution in [2.75, 3.05) is 20.3 Å². The first-order valence-corrected chi connectivity index (χ1v) is 6.15. The Morgan fingerprint density at radius 1 is 1.14 bits per heavy atom. The fourth-order valence-electron chi connectivity index (χ4n) is 1.18. The molecule has 0 atom stereocenters. The monoisotopic (exact) mass is 298 g/mol. The van der Waals surface area contributed by atoms with E-state index in [1.807, 2.05) is 6.92 Å². The number of aliphatic hydroxyl groups is 1. The summed E-state index contributed by atoms with van der Waals surface area (Å²) in [5.74, 6) is -2.32. The van der Waals surface area contributed by atoms with Crippen molar-refractivity contribution in [2.45, 2.75) is 13.3 Å². The Balaban J connectivity index is 0.000000567. The Labute approximate surface area is 122 Å². The molecule has 7 nitrogen and oxygen atoms in total. The van der Waals surface area contributed by atoms with Crippen molar-refractivity contribution in [2.24, 2.45) is 0 Å². The molecule has 7 heteroatoms. The largest absolute Gasteiger partial charge is 0.478 e. The van der Waals surface area contributed by atoms with Gasteiger partial charge in [-0.05, 0) is 18.6 Å². The standard InChI is InChI=1S/C11H12O4.C3H6O3/c1-2-7-15-11(14)9-6-4-3-5-8(9)10(12)13;1-6-3(5)2-4/h3-6H,2,7H2,1H3,(H,12,13);4H,2H2,1H3. The second kappa shape index (κ2) is 10.4. The summed E-state index contributed by atoms with van der Waals surface area (Å²) in [5.41, 5.74) is 0.0667.